The predicted octanol–water partition coefficient (Wildman–Crippen LogP) is -1.14. The number of hydrogen-bond acceptors (Lipinski definition) is 13. The van der Waals surface area contributed by atoms with Crippen molar-refractivity contribution >= 4 is 34.9 Å². The molecule has 5 atom stereocenters. The maximum absolute atomic E-state index is 12.3. The monoisotopic (exact) mass is 493 g/mol. The number of aliphatic hydroxyl groups excluding tert-OH is 2. The van der Waals surface area contributed by atoms with E-state index in [-0.39, 0.29) is 22.7 Å². The first-order valence-electron chi connectivity index (χ1n) is 10.3. The first kappa shape index (κ1) is 24.3. The molecule has 15 nitrogen and oxygen atoms in total. The zero-order chi connectivity index (χ0) is 25.7. The van der Waals surface area contributed by atoms with Crippen molar-refractivity contribution in [3.63, 3.8) is 0 Å². The van der Waals surface area contributed by atoms with Crippen LogP contribution in [0.15, 0.2) is 24.5 Å². The Kier molecular flexibility index (Phi) is 5.86. The number of aliphatic hydroxyl groups is 2. The van der Waals surface area contributed by atoms with E-state index < -0.39 is 60.3 Å². The number of carbonyl (C=O) groups is 3. The molecule has 5 N–H and O–H groups in total. The summed E-state index contributed by atoms with van der Waals surface area (Å²) in [6, 6.07) is 0. The highest BCUT2D eigenvalue weighted by Gasteiger charge is 2.61. The van der Waals surface area contributed by atoms with Crippen LogP contribution < -0.4 is 5.73 Å². The second-order valence-corrected chi connectivity index (χ2v) is 8.93. The van der Waals surface area contributed by atoms with E-state index in [0.29, 0.717) is 0 Å². The van der Waals surface area contributed by atoms with E-state index in [1.807, 2.05) is 0 Å². The maximum Gasteiger partial charge on any atom is 0.343 e. The lowest BCUT2D eigenvalue weighted by Gasteiger charge is -2.29. The summed E-state index contributed by atoms with van der Waals surface area (Å²) in [7, 11) is 0. The number of imidazole rings is 1. The fourth-order valence-electron chi connectivity index (χ4n) is 3.56. The molecule has 1 saturated heterocycles. The molecule has 2 aliphatic rings. The van der Waals surface area contributed by atoms with Gasteiger partial charge in [0.1, 0.15) is 36.1 Å². The Labute approximate surface area is 197 Å². The third kappa shape index (κ3) is 4.02. The number of aromatic nitrogens is 4. The predicted molar refractivity (Wildman–Crippen MR) is 112 cm³/mol. The molecule has 2 aromatic heterocycles. The molecule has 0 bridgehead atoms. The van der Waals surface area contributed by atoms with Gasteiger partial charge in [-0.3, -0.25) is 9.36 Å². The second-order valence-electron chi connectivity index (χ2n) is 8.93. The number of nitrogen functional groups attached to an aromatic ring is 1. The molecule has 0 radical (unpaired) electrons. The van der Waals surface area contributed by atoms with Crippen molar-refractivity contribution in [2.75, 3.05) is 12.5 Å². The van der Waals surface area contributed by atoms with Crippen LogP contribution in [0.5, 0.6) is 0 Å². The van der Waals surface area contributed by atoms with Crippen molar-refractivity contribution in [1.29, 1.82) is 0 Å². The Bertz CT molecular complexity index is 1220. The highest BCUT2D eigenvalue weighted by molar-refractivity contribution is 5.91. The minimum absolute atomic E-state index is 0.108. The number of rotatable bonds is 6. The summed E-state index contributed by atoms with van der Waals surface area (Å²) in [4.78, 5) is 48.1. The number of ether oxygens (including phenoxy) is 4. The van der Waals surface area contributed by atoms with E-state index in [2.05, 4.69) is 15.0 Å². The Morgan fingerprint density at radius 1 is 1.26 bits per heavy atom. The lowest BCUT2D eigenvalue weighted by atomic mass is 9.97. The van der Waals surface area contributed by atoms with Gasteiger partial charge in [0, 0.05) is 6.08 Å². The average Bonchev–Trinajstić information content (AvgIpc) is 3.46. The molecule has 4 heterocycles. The summed E-state index contributed by atoms with van der Waals surface area (Å²) in [5.41, 5.74) is 2.79. The highest BCUT2D eigenvalue weighted by atomic mass is 16.7. The van der Waals surface area contributed by atoms with Crippen molar-refractivity contribution in [2.24, 2.45) is 5.41 Å². The topological polar surface area (TPSA) is 218 Å². The molecule has 188 valence electrons. The number of anilines is 1. The first-order chi connectivity index (χ1) is 16.4. The van der Waals surface area contributed by atoms with Crippen molar-refractivity contribution in [1.82, 2.24) is 19.5 Å². The zero-order valence-corrected chi connectivity index (χ0v) is 18.8. The van der Waals surface area contributed by atoms with Crippen molar-refractivity contribution in [3.05, 3.63) is 24.5 Å². The summed E-state index contributed by atoms with van der Waals surface area (Å²) >= 11 is 0. The number of nitrogens with zero attached hydrogens (tertiary/aromatic N) is 4. The average molecular weight is 493 g/mol. The van der Waals surface area contributed by atoms with Gasteiger partial charge in [0.2, 0.25) is 18.6 Å². The molecule has 0 unspecified atom stereocenters. The summed E-state index contributed by atoms with van der Waals surface area (Å²) in [6.07, 6.45) is -2.95. The Balaban J connectivity index is 1.52. The summed E-state index contributed by atoms with van der Waals surface area (Å²) in [5, 5.41) is 31.0. The number of aliphatic carboxylic acids is 1. The molecule has 0 aliphatic carbocycles. The van der Waals surface area contributed by atoms with Gasteiger partial charge in [-0.1, -0.05) is 0 Å². The quantitative estimate of drug-likeness (QED) is 0.276. The Morgan fingerprint density at radius 2 is 1.97 bits per heavy atom. The van der Waals surface area contributed by atoms with E-state index in [9.17, 15) is 29.7 Å². The molecule has 15 heteroatoms. The molecule has 35 heavy (non-hydrogen) atoms. The summed E-state index contributed by atoms with van der Waals surface area (Å²) in [6.45, 7) is 3.89. The molecule has 4 rings (SSSR count). The summed E-state index contributed by atoms with van der Waals surface area (Å²) < 4.78 is 22.0. The molecule has 0 saturated carbocycles. The van der Waals surface area contributed by atoms with Crippen LogP contribution in [0.4, 0.5) is 5.82 Å². The standard InChI is InChI=1S/C20H23N5O10/c1-19(2,3)18(31)33-7-32-16(28)12(27)20(17(29)30)4-8-11(35-20)10(26)15(34-8)25-6-24-9-13(21)22-5-23-14(9)25/h4-6,10-12,15,26-27H,7H2,1-3H3,(H,29,30)(H2,21,22,23)/t10-,11-,12+,15-,20+/m1/s1. The van der Waals surface area contributed by atoms with E-state index in [4.69, 9.17) is 24.7 Å². The second kappa shape index (κ2) is 8.44. The van der Waals surface area contributed by atoms with Gasteiger partial charge >= 0.3 is 17.9 Å². The Morgan fingerprint density at radius 3 is 2.60 bits per heavy atom. The third-order valence-electron chi connectivity index (χ3n) is 5.45. The molecular formula is C20H23N5O10. The van der Waals surface area contributed by atoms with Gasteiger partial charge in [-0.15, -0.1) is 0 Å². The van der Waals surface area contributed by atoms with Crippen LogP contribution in [0.2, 0.25) is 0 Å². The number of nitrogens with two attached hydrogens (primary N) is 1. The lowest BCUT2D eigenvalue weighted by molar-refractivity contribution is -0.200. The molecule has 2 aliphatic heterocycles. The molecule has 2 aromatic rings. The molecule has 0 amide bonds. The number of carboxylic acid groups (broad SMARTS) is 1. The number of carbonyl (C=O) groups excluding carboxylic acids is 2. The van der Waals surface area contributed by atoms with Crippen LogP contribution in [0, 0.1) is 5.41 Å². The molecule has 1 fully saturated rings. The van der Waals surface area contributed by atoms with Gasteiger partial charge in [0.25, 0.3) is 0 Å². The van der Waals surface area contributed by atoms with Gasteiger partial charge in [0.15, 0.2) is 17.6 Å². The fraction of sp³-hybridized carbons (Fsp3) is 0.500. The van der Waals surface area contributed by atoms with Crippen LogP contribution in [0.1, 0.15) is 27.0 Å². The van der Waals surface area contributed by atoms with Crippen LogP contribution in [0.25, 0.3) is 11.2 Å². The van der Waals surface area contributed by atoms with Gasteiger partial charge < -0.3 is 40.0 Å². The third-order valence-corrected chi connectivity index (χ3v) is 5.45. The smallest absolute Gasteiger partial charge is 0.343 e. The normalized spacial score (nSPS) is 26.5. The molecule has 0 aromatic carbocycles. The van der Waals surface area contributed by atoms with Crippen LogP contribution in [-0.4, -0.2) is 83.5 Å². The number of hydrogen-bond donors (Lipinski definition) is 4. The van der Waals surface area contributed by atoms with Crippen molar-refractivity contribution < 1.29 is 48.7 Å². The largest absolute Gasteiger partial charge is 0.479 e. The molecule has 0 spiro atoms. The van der Waals surface area contributed by atoms with E-state index >= 15 is 0 Å². The van der Waals surface area contributed by atoms with Gasteiger partial charge in [-0.25, -0.2) is 24.5 Å². The Hall–Kier alpha value is -3.82. The minimum Gasteiger partial charge on any atom is -0.479 e. The van der Waals surface area contributed by atoms with Crippen LogP contribution in [-0.2, 0) is 33.3 Å². The highest BCUT2D eigenvalue weighted by Crippen LogP contribution is 2.44. The van der Waals surface area contributed by atoms with Crippen LogP contribution in [0.3, 0.4) is 0 Å². The van der Waals surface area contributed by atoms with E-state index in [0.717, 1.165) is 6.08 Å². The number of fused-ring (bicyclic) bond motifs is 2. The molecular weight excluding hydrogens is 470 g/mol. The minimum atomic E-state index is -2.62. The summed E-state index contributed by atoms with van der Waals surface area (Å²) in [5.74, 6) is -3.87. The first-order valence-corrected chi connectivity index (χ1v) is 10.3. The van der Waals surface area contributed by atoms with E-state index in [1.165, 1.54) is 17.2 Å². The van der Waals surface area contributed by atoms with Crippen molar-refractivity contribution in [2.45, 2.75) is 50.9 Å². The maximum atomic E-state index is 12.3. The van der Waals surface area contributed by atoms with Gasteiger partial charge in [-0.05, 0) is 20.8 Å². The van der Waals surface area contributed by atoms with Gasteiger partial charge in [-0.2, -0.15) is 0 Å². The number of esters is 2. The van der Waals surface area contributed by atoms with Crippen LogP contribution >= 0.6 is 0 Å². The van der Waals surface area contributed by atoms with Crippen molar-refractivity contribution in [3.8, 4) is 0 Å². The zero-order valence-electron chi connectivity index (χ0n) is 18.8. The fourth-order valence-corrected chi connectivity index (χ4v) is 3.56. The lowest BCUT2D eigenvalue weighted by Crippen LogP contribution is -2.54. The SMILES string of the molecule is CC(C)(C)C(=O)OCOC(=O)[C@H](O)[C@]1(C(=O)O)C=C2O[C@@H](n3cnc4c(N)ncnc43)[C@H](O)[C@@H]2O1. The van der Waals surface area contributed by atoms with E-state index in [1.54, 1.807) is 20.8 Å². The number of carboxylic acids is 1. The van der Waals surface area contributed by atoms with Gasteiger partial charge in [0.05, 0.1) is 5.41 Å².